The van der Waals surface area contributed by atoms with Gasteiger partial charge in [-0.25, -0.2) is 9.78 Å². The second kappa shape index (κ2) is 10.1. The number of carbonyl (C=O) groups excluding carboxylic acids is 1. The lowest BCUT2D eigenvalue weighted by Crippen LogP contribution is -2.13. The maximum absolute atomic E-state index is 13.3. The Labute approximate surface area is 198 Å². The molecule has 34 heavy (non-hydrogen) atoms. The summed E-state index contributed by atoms with van der Waals surface area (Å²) in [6.07, 6.45) is 0. The van der Waals surface area contributed by atoms with Crippen LogP contribution in [0.15, 0.2) is 72.8 Å². The molecule has 0 N–H and O–H groups in total. The number of rotatable bonds is 8. The molecule has 0 unspecified atom stereocenters. The monoisotopic (exact) mass is 458 g/mol. The lowest BCUT2D eigenvalue weighted by molar-refractivity contribution is 0.0518. The second-order valence-corrected chi connectivity index (χ2v) is 7.30. The highest BCUT2D eigenvalue weighted by Gasteiger charge is 2.28. The third-order valence-corrected chi connectivity index (χ3v) is 5.33. The van der Waals surface area contributed by atoms with Gasteiger partial charge in [-0.15, -0.1) is 0 Å². The van der Waals surface area contributed by atoms with Gasteiger partial charge in [0, 0.05) is 16.8 Å². The van der Waals surface area contributed by atoms with E-state index < -0.39 is 5.97 Å². The molecule has 0 aliphatic rings. The normalized spacial score (nSPS) is 10.6. The average molecular weight is 459 g/mol. The molecular formula is C27H26N2O5. The number of benzene rings is 3. The van der Waals surface area contributed by atoms with Crippen LogP contribution in [0.2, 0.25) is 0 Å². The predicted molar refractivity (Wildman–Crippen MR) is 130 cm³/mol. The van der Waals surface area contributed by atoms with Gasteiger partial charge in [-0.3, -0.25) is 4.57 Å². The minimum absolute atomic E-state index is 0.230. The van der Waals surface area contributed by atoms with E-state index in [0.717, 1.165) is 11.3 Å². The lowest BCUT2D eigenvalue weighted by atomic mass is 10.1. The van der Waals surface area contributed by atoms with E-state index in [-0.39, 0.29) is 6.61 Å². The molecule has 4 rings (SSSR count). The van der Waals surface area contributed by atoms with Crippen molar-refractivity contribution in [3.63, 3.8) is 0 Å². The number of nitrogens with zero attached hydrogens (tertiary/aromatic N) is 2. The molecule has 0 aliphatic carbocycles. The Morgan fingerprint density at radius 3 is 1.94 bits per heavy atom. The average Bonchev–Trinajstić information content (AvgIpc) is 3.30. The first-order valence-electron chi connectivity index (χ1n) is 10.8. The fourth-order valence-electron chi connectivity index (χ4n) is 3.84. The van der Waals surface area contributed by atoms with Gasteiger partial charge in [0.1, 0.15) is 11.5 Å². The van der Waals surface area contributed by atoms with Gasteiger partial charge in [0.05, 0.1) is 27.9 Å². The summed E-state index contributed by atoms with van der Waals surface area (Å²) in [6, 6.07) is 22.9. The number of methoxy groups -OCH3 is 3. The minimum Gasteiger partial charge on any atom is -0.493 e. The molecule has 1 aromatic heterocycles. The van der Waals surface area contributed by atoms with E-state index >= 15 is 0 Å². The highest BCUT2D eigenvalue weighted by Crippen LogP contribution is 2.43. The molecule has 174 valence electrons. The zero-order valence-corrected chi connectivity index (χ0v) is 19.6. The van der Waals surface area contributed by atoms with Gasteiger partial charge >= 0.3 is 5.97 Å². The fraction of sp³-hybridized carbons (Fsp3) is 0.185. The number of aromatic nitrogens is 2. The number of hydrogen-bond acceptors (Lipinski definition) is 6. The number of para-hydroxylation sites is 1. The van der Waals surface area contributed by atoms with Gasteiger partial charge in [0.25, 0.3) is 0 Å². The highest BCUT2D eigenvalue weighted by molar-refractivity contribution is 5.97. The van der Waals surface area contributed by atoms with Crippen molar-refractivity contribution in [1.29, 1.82) is 0 Å². The van der Waals surface area contributed by atoms with Crippen LogP contribution in [0.4, 0.5) is 0 Å². The van der Waals surface area contributed by atoms with Gasteiger partial charge in [0.15, 0.2) is 17.2 Å². The second-order valence-electron chi connectivity index (χ2n) is 7.30. The van der Waals surface area contributed by atoms with Gasteiger partial charge in [-0.05, 0) is 31.2 Å². The molecule has 3 aromatic carbocycles. The van der Waals surface area contributed by atoms with E-state index in [9.17, 15) is 4.79 Å². The van der Waals surface area contributed by atoms with Crippen LogP contribution in [0.5, 0.6) is 17.2 Å². The van der Waals surface area contributed by atoms with Crippen molar-refractivity contribution in [3.8, 4) is 45.6 Å². The maximum Gasteiger partial charge on any atom is 0.357 e. The van der Waals surface area contributed by atoms with Crippen LogP contribution in [0, 0.1) is 0 Å². The van der Waals surface area contributed by atoms with Crippen LogP contribution in [0.25, 0.3) is 28.3 Å². The molecule has 0 aliphatic heterocycles. The van der Waals surface area contributed by atoms with Crippen molar-refractivity contribution in [2.75, 3.05) is 27.9 Å². The number of carbonyl (C=O) groups is 1. The summed E-state index contributed by atoms with van der Waals surface area (Å²) in [5.41, 5.74) is 3.03. The quantitative estimate of drug-likeness (QED) is 0.329. The third kappa shape index (κ3) is 4.20. The van der Waals surface area contributed by atoms with Crippen LogP contribution in [-0.2, 0) is 4.74 Å². The Morgan fingerprint density at radius 1 is 0.824 bits per heavy atom. The van der Waals surface area contributed by atoms with Crippen LogP contribution in [0.3, 0.4) is 0 Å². The number of esters is 1. The molecule has 0 amide bonds. The van der Waals surface area contributed by atoms with E-state index in [1.807, 2.05) is 65.2 Å². The predicted octanol–water partition coefficient (Wildman–Crippen LogP) is 5.41. The van der Waals surface area contributed by atoms with Gasteiger partial charge in [-0.1, -0.05) is 48.5 Å². The summed E-state index contributed by atoms with van der Waals surface area (Å²) in [5.74, 6) is 1.50. The molecule has 1 heterocycles. The van der Waals surface area contributed by atoms with Crippen LogP contribution < -0.4 is 14.2 Å². The summed E-state index contributed by atoms with van der Waals surface area (Å²) in [5, 5.41) is 0. The van der Waals surface area contributed by atoms with E-state index in [1.54, 1.807) is 40.4 Å². The maximum atomic E-state index is 13.3. The summed E-state index contributed by atoms with van der Waals surface area (Å²) in [4.78, 5) is 18.3. The first kappa shape index (κ1) is 22.9. The topological polar surface area (TPSA) is 71.8 Å². The van der Waals surface area contributed by atoms with E-state index in [4.69, 9.17) is 23.9 Å². The summed E-state index contributed by atoms with van der Waals surface area (Å²) in [7, 11) is 4.64. The number of imidazole rings is 1. The standard InChI is InChI=1S/C27H26N2O5/c1-5-34-27(30)24-23(19-16-21(31-2)25(33-4)22(17-19)32-3)28-26(18-12-8-6-9-13-18)29(24)20-14-10-7-11-15-20/h6-17H,5H2,1-4H3. The van der Waals surface area contributed by atoms with Crippen LogP contribution in [0.1, 0.15) is 17.4 Å². The van der Waals surface area contributed by atoms with Crippen molar-refractivity contribution in [1.82, 2.24) is 9.55 Å². The van der Waals surface area contributed by atoms with Gasteiger partial charge in [-0.2, -0.15) is 0 Å². The SMILES string of the molecule is CCOC(=O)c1c(-c2cc(OC)c(OC)c(OC)c2)nc(-c2ccccc2)n1-c1ccccc1. The Morgan fingerprint density at radius 2 is 1.41 bits per heavy atom. The molecule has 0 saturated carbocycles. The van der Waals surface area contributed by atoms with Crippen LogP contribution in [-0.4, -0.2) is 43.5 Å². The Balaban J connectivity index is 2.08. The van der Waals surface area contributed by atoms with Crippen molar-refractivity contribution < 1.29 is 23.7 Å². The molecule has 0 spiro atoms. The fourth-order valence-corrected chi connectivity index (χ4v) is 3.84. The zero-order valence-electron chi connectivity index (χ0n) is 19.6. The molecule has 0 fully saturated rings. The molecule has 0 bridgehead atoms. The minimum atomic E-state index is -0.482. The number of hydrogen-bond donors (Lipinski definition) is 0. The van der Waals surface area contributed by atoms with E-state index in [2.05, 4.69) is 0 Å². The lowest BCUT2D eigenvalue weighted by Gasteiger charge is -2.15. The Hall–Kier alpha value is -4.26. The Bertz CT molecular complexity index is 1260. The molecule has 7 nitrogen and oxygen atoms in total. The van der Waals surface area contributed by atoms with E-state index in [0.29, 0.717) is 40.0 Å². The largest absolute Gasteiger partial charge is 0.493 e. The first-order valence-corrected chi connectivity index (χ1v) is 10.8. The van der Waals surface area contributed by atoms with Crippen molar-refractivity contribution in [3.05, 3.63) is 78.5 Å². The van der Waals surface area contributed by atoms with Gasteiger partial charge < -0.3 is 18.9 Å². The van der Waals surface area contributed by atoms with Gasteiger partial charge in [0.2, 0.25) is 5.75 Å². The molecule has 0 atom stereocenters. The Kier molecular flexibility index (Phi) is 6.82. The molecule has 4 aromatic rings. The summed E-state index contributed by atoms with van der Waals surface area (Å²) >= 11 is 0. The summed E-state index contributed by atoms with van der Waals surface area (Å²) in [6.45, 7) is 2.01. The third-order valence-electron chi connectivity index (χ3n) is 5.33. The smallest absolute Gasteiger partial charge is 0.357 e. The summed E-state index contributed by atoms with van der Waals surface area (Å²) < 4.78 is 23.8. The van der Waals surface area contributed by atoms with Crippen LogP contribution >= 0.6 is 0 Å². The molecular weight excluding hydrogens is 432 g/mol. The van der Waals surface area contributed by atoms with E-state index in [1.165, 1.54) is 0 Å². The number of ether oxygens (including phenoxy) is 4. The van der Waals surface area contributed by atoms with Crippen molar-refractivity contribution >= 4 is 5.97 Å². The van der Waals surface area contributed by atoms with Crippen molar-refractivity contribution in [2.45, 2.75) is 6.92 Å². The molecule has 7 heteroatoms. The van der Waals surface area contributed by atoms with Crippen molar-refractivity contribution in [2.24, 2.45) is 0 Å². The first-order chi connectivity index (χ1) is 16.6. The zero-order chi connectivity index (χ0) is 24.1. The molecule has 0 saturated heterocycles. The molecule has 0 radical (unpaired) electrons. The highest BCUT2D eigenvalue weighted by atomic mass is 16.5.